The summed E-state index contributed by atoms with van der Waals surface area (Å²) < 4.78 is 41.5. The predicted molar refractivity (Wildman–Crippen MR) is 81.4 cm³/mol. The number of unbranched alkanes of at least 4 members (excludes halogenated alkanes) is 1. The number of rotatable bonds is 7. The Kier molecular flexibility index (Phi) is 4.49. The standard InChI is InChI=1S/C14H17N3O5S/c1-2-3-6-23(18,19)15-8-13-16-14(17-22-13)10-4-5-11-12(7-10)21-9-20-11/h4-5,7,15H,2-3,6,8-9H2,1H3. The van der Waals surface area contributed by atoms with Gasteiger partial charge in [-0.25, -0.2) is 13.1 Å². The van der Waals surface area contributed by atoms with Crippen molar-refractivity contribution in [2.45, 2.75) is 26.3 Å². The van der Waals surface area contributed by atoms with Crippen molar-refractivity contribution in [1.29, 1.82) is 0 Å². The average Bonchev–Trinajstić information content (AvgIpc) is 3.19. The van der Waals surface area contributed by atoms with Gasteiger partial charge in [-0.3, -0.25) is 0 Å². The van der Waals surface area contributed by atoms with E-state index in [1.807, 2.05) is 6.92 Å². The topological polar surface area (TPSA) is 104 Å². The molecule has 124 valence electrons. The molecular formula is C14H17N3O5S. The van der Waals surface area contributed by atoms with Crippen LogP contribution in [-0.4, -0.2) is 31.1 Å². The first kappa shape index (κ1) is 15.8. The molecule has 2 heterocycles. The summed E-state index contributed by atoms with van der Waals surface area (Å²) in [7, 11) is -3.32. The smallest absolute Gasteiger partial charge is 0.242 e. The van der Waals surface area contributed by atoms with Crippen molar-refractivity contribution in [3.05, 3.63) is 24.1 Å². The normalized spacial score (nSPS) is 13.4. The van der Waals surface area contributed by atoms with Crippen LogP contribution in [0.4, 0.5) is 0 Å². The molecule has 1 aliphatic heterocycles. The van der Waals surface area contributed by atoms with Gasteiger partial charge in [0.15, 0.2) is 11.5 Å². The Bertz CT molecular complexity index is 787. The van der Waals surface area contributed by atoms with Crippen LogP contribution in [0.1, 0.15) is 25.7 Å². The molecule has 0 radical (unpaired) electrons. The van der Waals surface area contributed by atoms with Crippen molar-refractivity contribution < 1.29 is 22.4 Å². The van der Waals surface area contributed by atoms with Crippen LogP contribution in [0, 0.1) is 0 Å². The quantitative estimate of drug-likeness (QED) is 0.818. The van der Waals surface area contributed by atoms with Crippen LogP contribution < -0.4 is 14.2 Å². The molecule has 23 heavy (non-hydrogen) atoms. The number of benzene rings is 1. The molecule has 1 aliphatic rings. The fraction of sp³-hybridized carbons (Fsp3) is 0.429. The van der Waals surface area contributed by atoms with Crippen molar-refractivity contribution in [2.75, 3.05) is 12.5 Å². The van der Waals surface area contributed by atoms with Crippen LogP contribution in [-0.2, 0) is 16.6 Å². The van der Waals surface area contributed by atoms with E-state index in [1.165, 1.54) is 0 Å². The van der Waals surface area contributed by atoms with E-state index in [0.29, 0.717) is 29.3 Å². The highest BCUT2D eigenvalue weighted by Crippen LogP contribution is 2.35. The molecule has 1 aromatic heterocycles. The highest BCUT2D eigenvalue weighted by molar-refractivity contribution is 7.89. The average molecular weight is 339 g/mol. The zero-order valence-corrected chi connectivity index (χ0v) is 13.4. The summed E-state index contributed by atoms with van der Waals surface area (Å²) in [6, 6.07) is 5.30. The van der Waals surface area contributed by atoms with Crippen molar-refractivity contribution >= 4 is 10.0 Å². The van der Waals surface area contributed by atoms with Gasteiger partial charge in [-0.15, -0.1) is 0 Å². The molecule has 0 amide bonds. The highest BCUT2D eigenvalue weighted by atomic mass is 32.2. The second kappa shape index (κ2) is 6.55. The number of ether oxygens (including phenoxy) is 2. The maximum absolute atomic E-state index is 11.7. The maximum atomic E-state index is 11.7. The Labute approximate surface area is 133 Å². The van der Waals surface area contributed by atoms with Crippen molar-refractivity contribution in [2.24, 2.45) is 0 Å². The first-order valence-electron chi connectivity index (χ1n) is 7.27. The summed E-state index contributed by atoms with van der Waals surface area (Å²) in [4.78, 5) is 4.19. The zero-order chi connectivity index (χ0) is 16.3. The number of nitrogens with zero attached hydrogens (tertiary/aromatic N) is 2. The third-order valence-corrected chi connectivity index (χ3v) is 4.72. The summed E-state index contributed by atoms with van der Waals surface area (Å²) in [5.74, 6) is 1.95. The lowest BCUT2D eigenvalue weighted by Crippen LogP contribution is -2.26. The van der Waals surface area contributed by atoms with Gasteiger partial charge in [-0.1, -0.05) is 18.5 Å². The van der Waals surface area contributed by atoms with Gasteiger partial charge in [0, 0.05) is 5.56 Å². The molecule has 0 saturated carbocycles. The van der Waals surface area contributed by atoms with Gasteiger partial charge in [-0.05, 0) is 24.6 Å². The minimum Gasteiger partial charge on any atom is -0.454 e. The van der Waals surface area contributed by atoms with Crippen molar-refractivity contribution in [1.82, 2.24) is 14.9 Å². The van der Waals surface area contributed by atoms with Crippen LogP contribution in [0.25, 0.3) is 11.4 Å². The van der Waals surface area contributed by atoms with E-state index in [9.17, 15) is 8.42 Å². The molecule has 0 spiro atoms. The van der Waals surface area contributed by atoms with Gasteiger partial charge in [0.2, 0.25) is 28.5 Å². The number of fused-ring (bicyclic) bond motifs is 1. The molecule has 0 aliphatic carbocycles. The van der Waals surface area contributed by atoms with E-state index in [0.717, 1.165) is 6.42 Å². The molecule has 0 saturated heterocycles. The van der Waals surface area contributed by atoms with E-state index in [-0.39, 0.29) is 25.0 Å². The Morgan fingerprint density at radius 1 is 1.26 bits per heavy atom. The number of nitrogens with one attached hydrogen (secondary N) is 1. The monoisotopic (exact) mass is 339 g/mol. The number of hydrogen-bond acceptors (Lipinski definition) is 7. The molecule has 3 rings (SSSR count). The van der Waals surface area contributed by atoms with Crippen LogP contribution in [0.15, 0.2) is 22.7 Å². The fourth-order valence-electron chi connectivity index (χ4n) is 2.06. The van der Waals surface area contributed by atoms with E-state index < -0.39 is 10.0 Å². The minimum atomic E-state index is -3.32. The molecule has 0 unspecified atom stereocenters. The second-order valence-electron chi connectivity index (χ2n) is 5.07. The van der Waals surface area contributed by atoms with Crippen molar-refractivity contribution in [3.63, 3.8) is 0 Å². The van der Waals surface area contributed by atoms with E-state index in [1.54, 1.807) is 18.2 Å². The Hall–Kier alpha value is -2.13. The summed E-state index contributed by atoms with van der Waals surface area (Å²) in [5, 5.41) is 3.86. The Morgan fingerprint density at radius 2 is 2.09 bits per heavy atom. The molecule has 2 aromatic rings. The van der Waals surface area contributed by atoms with Crippen molar-refractivity contribution in [3.8, 4) is 22.9 Å². The van der Waals surface area contributed by atoms with Crippen LogP contribution >= 0.6 is 0 Å². The number of aromatic nitrogens is 2. The predicted octanol–water partition coefficient (Wildman–Crippen LogP) is 1.68. The van der Waals surface area contributed by atoms with E-state index in [2.05, 4.69) is 14.9 Å². The maximum Gasteiger partial charge on any atom is 0.242 e. The Balaban J connectivity index is 1.66. The molecule has 8 nitrogen and oxygen atoms in total. The fourth-order valence-corrected chi connectivity index (χ4v) is 3.21. The van der Waals surface area contributed by atoms with Gasteiger partial charge >= 0.3 is 0 Å². The second-order valence-corrected chi connectivity index (χ2v) is 7.00. The first-order valence-corrected chi connectivity index (χ1v) is 8.92. The third kappa shape index (κ3) is 3.80. The van der Waals surface area contributed by atoms with Gasteiger partial charge in [0.25, 0.3) is 0 Å². The molecular weight excluding hydrogens is 322 g/mol. The molecule has 0 fully saturated rings. The summed E-state index contributed by atoms with van der Waals surface area (Å²) >= 11 is 0. The minimum absolute atomic E-state index is 0.0242. The van der Waals surface area contributed by atoms with Crippen LogP contribution in [0.3, 0.4) is 0 Å². The largest absolute Gasteiger partial charge is 0.454 e. The lowest BCUT2D eigenvalue weighted by Gasteiger charge is -2.02. The number of sulfonamides is 1. The van der Waals surface area contributed by atoms with Gasteiger partial charge in [0.1, 0.15) is 0 Å². The van der Waals surface area contributed by atoms with E-state index >= 15 is 0 Å². The van der Waals surface area contributed by atoms with Gasteiger partial charge in [-0.2, -0.15) is 4.98 Å². The summed E-state index contributed by atoms with van der Waals surface area (Å²) in [6.07, 6.45) is 1.43. The molecule has 0 atom stereocenters. The van der Waals surface area contributed by atoms with Gasteiger partial charge in [0.05, 0.1) is 12.3 Å². The first-order chi connectivity index (χ1) is 11.1. The van der Waals surface area contributed by atoms with Gasteiger partial charge < -0.3 is 14.0 Å². The van der Waals surface area contributed by atoms with Crippen LogP contribution in [0.5, 0.6) is 11.5 Å². The third-order valence-electron chi connectivity index (χ3n) is 3.31. The molecule has 9 heteroatoms. The lowest BCUT2D eigenvalue weighted by atomic mass is 10.2. The summed E-state index contributed by atoms with van der Waals surface area (Å²) in [5.41, 5.74) is 0.707. The van der Waals surface area contributed by atoms with Crippen LogP contribution in [0.2, 0.25) is 0 Å². The lowest BCUT2D eigenvalue weighted by molar-refractivity contribution is 0.174. The molecule has 1 aromatic carbocycles. The summed E-state index contributed by atoms with van der Waals surface area (Å²) in [6.45, 7) is 2.10. The SMILES string of the molecule is CCCCS(=O)(=O)NCc1nc(-c2ccc3c(c2)OCO3)no1. The van der Waals surface area contributed by atoms with E-state index in [4.69, 9.17) is 14.0 Å². The molecule has 1 N–H and O–H groups in total. The highest BCUT2D eigenvalue weighted by Gasteiger charge is 2.17. The Morgan fingerprint density at radius 3 is 2.91 bits per heavy atom. The molecule has 0 bridgehead atoms. The number of hydrogen-bond donors (Lipinski definition) is 1. The zero-order valence-electron chi connectivity index (χ0n) is 12.6.